The van der Waals surface area contributed by atoms with E-state index in [2.05, 4.69) is 5.32 Å². The number of benzene rings is 2. The first-order valence-electron chi connectivity index (χ1n) is 10.4. The van der Waals surface area contributed by atoms with Crippen molar-refractivity contribution in [3.8, 4) is 11.5 Å². The maximum absolute atomic E-state index is 13.2. The molecule has 0 aliphatic rings. The van der Waals surface area contributed by atoms with E-state index < -0.39 is 6.04 Å². The lowest BCUT2D eigenvalue weighted by Gasteiger charge is -2.31. The minimum atomic E-state index is -0.623. The molecule has 1 atom stereocenters. The Morgan fingerprint density at radius 1 is 1.06 bits per heavy atom. The quantitative estimate of drug-likeness (QED) is 0.558. The Balaban J connectivity index is 2.18. The lowest BCUT2D eigenvalue weighted by molar-refractivity contribution is -0.143. The highest BCUT2D eigenvalue weighted by molar-refractivity contribution is 6.31. The molecule has 0 heterocycles. The van der Waals surface area contributed by atoms with Crippen LogP contribution >= 0.6 is 11.6 Å². The van der Waals surface area contributed by atoms with Gasteiger partial charge < -0.3 is 19.7 Å². The van der Waals surface area contributed by atoms with Crippen LogP contribution in [0.1, 0.15) is 32.8 Å². The van der Waals surface area contributed by atoms with Crippen molar-refractivity contribution in [3.63, 3.8) is 0 Å². The van der Waals surface area contributed by atoms with Crippen LogP contribution < -0.4 is 14.8 Å². The first-order valence-corrected chi connectivity index (χ1v) is 10.8. The molecule has 0 saturated carbocycles. The highest BCUT2D eigenvalue weighted by atomic mass is 35.5. The Morgan fingerprint density at radius 3 is 2.29 bits per heavy atom. The minimum absolute atomic E-state index is 0.180. The molecule has 31 heavy (non-hydrogen) atoms. The van der Waals surface area contributed by atoms with Gasteiger partial charge in [0.2, 0.25) is 5.91 Å². The fraction of sp³-hybridized carbons (Fsp3) is 0.417. The van der Waals surface area contributed by atoms with Crippen LogP contribution in [0.2, 0.25) is 5.02 Å². The number of carbonyl (C=O) groups excluding carboxylic acids is 2. The first-order chi connectivity index (χ1) is 14.8. The Morgan fingerprint density at radius 2 is 1.71 bits per heavy atom. The number of amides is 2. The maximum atomic E-state index is 13.2. The van der Waals surface area contributed by atoms with E-state index in [1.165, 1.54) is 0 Å². The fourth-order valence-electron chi connectivity index (χ4n) is 3.05. The van der Waals surface area contributed by atoms with Crippen LogP contribution in [-0.2, 0) is 16.1 Å². The van der Waals surface area contributed by atoms with E-state index in [4.69, 9.17) is 21.1 Å². The lowest BCUT2D eigenvalue weighted by Crippen LogP contribution is -2.50. The highest BCUT2D eigenvalue weighted by Gasteiger charge is 2.29. The van der Waals surface area contributed by atoms with Gasteiger partial charge in [-0.3, -0.25) is 9.59 Å². The van der Waals surface area contributed by atoms with Gasteiger partial charge in [-0.15, -0.1) is 0 Å². The number of ether oxygens (including phenoxy) is 2. The second-order valence-electron chi connectivity index (χ2n) is 7.64. The van der Waals surface area contributed by atoms with Crippen molar-refractivity contribution < 1.29 is 19.1 Å². The van der Waals surface area contributed by atoms with Crippen molar-refractivity contribution in [3.05, 3.63) is 59.1 Å². The summed E-state index contributed by atoms with van der Waals surface area (Å²) >= 11 is 6.32. The summed E-state index contributed by atoms with van der Waals surface area (Å²) in [5.74, 6) is 1.09. The average Bonchev–Trinajstić information content (AvgIpc) is 2.77. The molecule has 2 aromatic carbocycles. The highest BCUT2D eigenvalue weighted by Crippen LogP contribution is 2.21. The van der Waals surface area contributed by atoms with Gasteiger partial charge in [0.1, 0.15) is 17.5 Å². The molecule has 6 nitrogen and oxygen atoms in total. The van der Waals surface area contributed by atoms with E-state index in [0.717, 1.165) is 5.56 Å². The molecule has 7 heteroatoms. The third kappa shape index (κ3) is 7.47. The second-order valence-corrected chi connectivity index (χ2v) is 8.05. The van der Waals surface area contributed by atoms with Crippen LogP contribution in [0.15, 0.2) is 48.5 Å². The van der Waals surface area contributed by atoms with Gasteiger partial charge in [-0.05, 0) is 48.2 Å². The molecule has 0 aliphatic heterocycles. The summed E-state index contributed by atoms with van der Waals surface area (Å²) in [6.45, 7) is 6.51. The molecular weight excluding hydrogens is 416 g/mol. The molecule has 1 N–H and O–H groups in total. The number of hydrogen-bond donors (Lipinski definition) is 1. The summed E-state index contributed by atoms with van der Waals surface area (Å²) in [7, 11) is 1.58. The van der Waals surface area contributed by atoms with Gasteiger partial charge in [0.05, 0.1) is 7.11 Å². The molecule has 168 valence electrons. The largest absolute Gasteiger partial charge is 0.497 e. The zero-order valence-electron chi connectivity index (χ0n) is 18.6. The molecular formula is C24H31ClN2O4. The number of nitrogens with zero attached hydrogens (tertiary/aromatic N) is 1. The van der Waals surface area contributed by atoms with E-state index in [9.17, 15) is 9.59 Å². The monoisotopic (exact) mass is 446 g/mol. The maximum Gasteiger partial charge on any atom is 0.261 e. The van der Waals surface area contributed by atoms with Crippen LogP contribution in [-0.4, -0.2) is 43.0 Å². The third-order valence-electron chi connectivity index (χ3n) is 4.79. The van der Waals surface area contributed by atoms with Crippen LogP contribution in [0.4, 0.5) is 0 Å². The van der Waals surface area contributed by atoms with E-state index in [1.54, 1.807) is 42.3 Å². The Bertz CT molecular complexity index is 855. The number of halogens is 1. The summed E-state index contributed by atoms with van der Waals surface area (Å²) in [5.41, 5.74) is 0.775. The zero-order valence-corrected chi connectivity index (χ0v) is 19.3. The van der Waals surface area contributed by atoms with Crippen LogP contribution in [0.5, 0.6) is 11.5 Å². The topological polar surface area (TPSA) is 67.9 Å². The van der Waals surface area contributed by atoms with Gasteiger partial charge in [0.15, 0.2) is 6.61 Å². The van der Waals surface area contributed by atoms with Crippen molar-refractivity contribution >= 4 is 23.4 Å². The van der Waals surface area contributed by atoms with Crippen LogP contribution in [0.25, 0.3) is 0 Å². The molecule has 0 saturated heterocycles. The Hall–Kier alpha value is -2.73. The predicted molar refractivity (Wildman–Crippen MR) is 122 cm³/mol. The standard InChI is InChI=1S/C24H31ClN2O4/c1-5-22(24(29)26-14-17(2)3)27(15-18-8-6-7-9-21(18)25)23(28)16-31-20-12-10-19(30-4)11-13-20/h6-13,17,22H,5,14-16H2,1-4H3,(H,26,29)/t22-/m0/s1. The number of carbonyl (C=O) groups is 2. The molecule has 2 aromatic rings. The van der Waals surface area contributed by atoms with Gasteiger partial charge in [-0.25, -0.2) is 0 Å². The van der Waals surface area contributed by atoms with Crippen molar-refractivity contribution in [1.29, 1.82) is 0 Å². The normalized spacial score (nSPS) is 11.7. The van der Waals surface area contributed by atoms with E-state index in [1.807, 2.05) is 39.0 Å². The van der Waals surface area contributed by atoms with Crippen LogP contribution in [0, 0.1) is 5.92 Å². The van der Waals surface area contributed by atoms with Gasteiger partial charge in [-0.2, -0.15) is 0 Å². The summed E-state index contributed by atoms with van der Waals surface area (Å²) in [6, 6.07) is 13.7. The van der Waals surface area contributed by atoms with E-state index in [0.29, 0.717) is 35.4 Å². The number of methoxy groups -OCH3 is 1. The molecule has 2 amide bonds. The Kier molecular flexibility index (Phi) is 9.66. The number of nitrogens with one attached hydrogen (secondary N) is 1. The number of rotatable bonds is 11. The first kappa shape index (κ1) is 24.5. The lowest BCUT2D eigenvalue weighted by atomic mass is 10.1. The molecule has 0 spiro atoms. The van der Waals surface area contributed by atoms with Crippen molar-refractivity contribution in [2.75, 3.05) is 20.3 Å². The second kappa shape index (κ2) is 12.2. The summed E-state index contributed by atoms with van der Waals surface area (Å²) in [4.78, 5) is 27.5. The summed E-state index contributed by atoms with van der Waals surface area (Å²) in [6.07, 6.45) is 0.475. The zero-order chi connectivity index (χ0) is 22.8. The summed E-state index contributed by atoms with van der Waals surface area (Å²) in [5, 5.41) is 3.48. The van der Waals surface area contributed by atoms with Crippen molar-refractivity contribution in [2.45, 2.75) is 39.8 Å². The molecule has 0 unspecified atom stereocenters. The average molecular weight is 447 g/mol. The molecule has 0 radical (unpaired) electrons. The fourth-order valence-corrected chi connectivity index (χ4v) is 3.25. The molecule has 0 aromatic heterocycles. The molecule has 0 bridgehead atoms. The van der Waals surface area contributed by atoms with Crippen molar-refractivity contribution in [1.82, 2.24) is 10.2 Å². The van der Waals surface area contributed by atoms with Crippen LogP contribution in [0.3, 0.4) is 0 Å². The number of hydrogen-bond acceptors (Lipinski definition) is 4. The van der Waals surface area contributed by atoms with E-state index in [-0.39, 0.29) is 25.0 Å². The SMILES string of the molecule is CC[C@@H](C(=O)NCC(C)C)N(Cc1ccccc1Cl)C(=O)COc1ccc(OC)cc1. The van der Waals surface area contributed by atoms with Gasteiger partial charge in [-0.1, -0.05) is 50.6 Å². The molecule has 0 fully saturated rings. The summed E-state index contributed by atoms with van der Waals surface area (Å²) < 4.78 is 10.8. The smallest absolute Gasteiger partial charge is 0.261 e. The van der Waals surface area contributed by atoms with Gasteiger partial charge in [0.25, 0.3) is 5.91 Å². The van der Waals surface area contributed by atoms with Gasteiger partial charge in [0, 0.05) is 18.1 Å². The third-order valence-corrected chi connectivity index (χ3v) is 5.16. The minimum Gasteiger partial charge on any atom is -0.497 e. The molecule has 2 rings (SSSR count). The van der Waals surface area contributed by atoms with E-state index >= 15 is 0 Å². The van der Waals surface area contributed by atoms with Gasteiger partial charge >= 0.3 is 0 Å². The molecule has 0 aliphatic carbocycles. The predicted octanol–water partition coefficient (Wildman–Crippen LogP) is 4.31. The Labute approximate surface area is 189 Å². The van der Waals surface area contributed by atoms with Crippen molar-refractivity contribution in [2.24, 2.45) is 5.92 Å².